The van der Waals surface area contributed by atoms with Crippen LogP contribution in [0.5, 0.6) is 0 Å². The number of fused-ring (bicyclic) bond motifs is 1. The number of rotatable bonds is 7. The van der Waals surface area contributed by atoms with Crippen molar-refractivity contribution in [1.29, 1.82) is 0 Å². The number of carbonyl (C=O) groups excluding carboxylic acids is 3. The Morgan fingerprint density at radius 3 is 2.31 bits per heavy atom. The van der Waals surface area contributed by atoms with E-state index in [1.807, 2.05) is 65.4 Å². The molecule has 3 amide bonds. The second-order valence-electron chi connectivity index (χ2n) is 10.1. The Morgan fingerprint density at radius 2 is 1.60 bits per heavy atom. The number of imide groups is 1. The van der Waals surface area contributed by atoms with Gasteiger partial charge in [0.05, 0.1) is 9.83 Å². The van der Waals surface area contributed by atoms with Crippen LogP contribution < -0.4 is 4.90 Å². The molecule has 10 nitrogen and oxygen atoms in total. The molecule has 2 saturated heterocycles. The second kappa shape index (κ2) is 11.5. The Morgan fingerprint density at radius 1 is 0.905 bits per heavy atom. The number of thioether (sulfide) groups is 1. The highest BCUT2D eigenvalue weighted by atomic mass is 32.2. The number of hydrogen-bond acceptors (Lipinski definition) is 7. The number of anilines is 1. The Labute approximate surface area is 245 Å². The smallest absolute Gasteiger partial charge is 0.294 e. The zero-order valence-electron chi connectivity index (χ0n) is 22.6. The van der Waals surface area contributed by atoms with Gasteiger partial charge in [-0.25, -0.2) is 0 Å². The fraction of sp³-hybridized carbons (Fsp3) is 0.194. The molecule has 11 heteroatoms. The van der Waals surface area contributed by atoms with Gasteiger partial charge in [-0.05, 0) is 41.6 Å². The Bertz CT molecular complexity index is 1710. The molecule has 6 rings (SSSR count). The van der Waals surface area contributed by atoms with Crippen LogP contribution in [-0.2, 0) is 16.1 Å². The molecule has 0 bridgehead atoms. The molecular formula is C31H27N5O5S. The molecule has 1 aromatic heterocycles. The first-order valence-electron chi connectivity index (χ1n) is 13.5. The van der Waals surface area contributed by atoms with E-state index in [0.717, 1.165) is 44.4 Å². The van der Waals surface area contributed by atoms with Gasteiger partial charge >= 0.3 is 0 Å². The third kappa shape index (κ3) is 5.51. The number of aromatic nitrogens is 1. The van der Waals surface area contributed by atoms with E-state index in [1.54, 1.807) is 23.1 Å². The molecule has 2 fully saturated rings. The third-order valence-electron chi connectivity index (χ3n) is 7.53. The zero-order chi connectivity index (χ0) is 29.2. The van der Waals surface area contributed by atoms with Crippen LogP contribution >= 0.6 is 11.8 Å². The number of benzene rings is 3. The first-order chi connectivity index (χ1) is 20.4. The van der Waals surface area contributed by atoms with E-state index in [4.69, 9.17) is 0 Å². The van der Waals surface area contributed by atoms with Crippen molar-refractivity contribution in [2.45, 2.75) is 6.54 Å². The van der Waals surface area contributed by atoms with Gasteiger partial charge in [0, 0.05) is 73.2 Å². The van der Waals surface area contributed by atoms with Crippen molar-refractivity contribution in [1.82, 2.24) is 14.4 Å². The average molecular weight is 582 g/mol. The lowest BCUT2D eigenvalue weighted by Gasteiger charge is -2.36. The SMILES string of the molecule is O=C(CN1C(=O)S/C(=C/c2cn(Cc3ccc([N+](=O)[O-])cc3)c3ccccc23)C1=O)N1CCN(c2ccccc2)CC1. The molecule has 2 aliphatic heterocycles. The van der Waals surface area contributed by atoms with E-state index in [-0.39, 0.29) is 23.0 Å². The summed E-state index contributed by atoms with van der Waals surface area (Å²) in [5.74, 6) is -0.723. The molecule has 0 unspecified atom stereocenters. The van der Waals surface area contributed by atoms with Gasteiger partial charge in [0.15, 0.2) is 0 Å². The first kappa shape index (κ1) is 27.3. The van der Waals surface area contributed by atoms with Crippen LogP contribution in [0.15, 0.2) is 90.0 Å². The molecule has 0 atom stereocenters. The van der Waals surface area contributed by atoms with Crippen molar-refractivity contribution in [3.8, 4) is 0 Å². The van der Waals surface area contributed by atoms with Gasteiger partial charge < -0.3 is 14.4 Å². The van der Waals surface area contributed by atoms with Crippen molar-refractivity contribution in [2.24, 2.45) is 0 Å². The molecule has 42 heavy (non-hydrogen) atoms. The largest absolute Gasteiger partial charge is 0.368 e. The summed E-state index contributed by atoms with van der Waals surface area (Å²) in [6.45, 7) is 2.60. The van der Waals surface area contributed by atoms with Crippen LogP contribution in [0.25, 0.3) is 17.0 Å². The fourth-order valence-electron chi connectivity index (χ4n) is 5.31. The summed E-state index contributed by atoms with van der Waals surface area (Å²) in [6, 6.07) is 24.1. The predicted octanol–water partition coefficient (Wildman–Crippen LogP) is 4.98. The summed E-state index contributed by atoms with van der Waals surface area (Å²) < 4.78 is 2.01. The van der Waals surface area contributed by atoms with E-state index in [1.165, 1.54) is 12.1 Å². The van der Waals surface area contributed by atoms with Gasteiger partial charge in [0.2, 0.25) is 5.91 Å². The van der Waals surface area contributed by atoms with Crippen molar-refractivity contribution in [3.05, 3.63) is 111 Å². The van der Waals surface area contributed by atoms with Gasteiger partial charge in [-0.1, -0.05) is 48.5 Å². The average Bonchev–Trinajstić information content (AvgIpc) is 3.49. The highest BCUT2D eigenvalue weighted by Gasteiger charge is 2.37. The van der Waals surface area contributed by atoms with Gasteiger partial charge in [-0.15, -0.1) is 0 Å². The van der Waals surface area contributed by atoms with Crippen LogP contribution in [-0.4, -0.2) is 69.1 Å². The van der Waals surface area contributed by atoms with Crippen molar-refractivity contribution >= 4 is 57.2 Å². The van der Waals surface area contributed by atoms with E-state index in [0.29, 0.717) is 32.7 Å². The topological polar surface area (TPSA) is 109 Å². The molecule has 0 radical (unpaired) electrons. The highest BCUT2D eigenvalue weighted by Crippen LogP contribution is 2.34. The van der Waals surface area contributed by atoms with Gasteiger partial charge in [0.1, 0.15) is 6.54 Å². The number of hydrogen-bond donors (Lipinski definition) is 0. The van der Waals surface area contributed by atoms with Gasteiger partial charge in [-0.2, -0.15) is 0 Å². The molecular weight excluding hydrogens is 554 g/mol. The number of carbonyl (C=O) groups is 3. The number of nitrogens with zero attached hydrogens (tertiary/aromatic N) is 5. The minimum absolute atomic E-state index is 0.0282. The number of para-hydroxylation sites is 2. The maximum atomic E-state index is 13.3. The molecule has 212 valence electrons. The Kier molecular flexibility index (Phi) is 7.49. The molecule has 3 aromatic carbocycles. The van der Waals surface area contributed by atoms with E-state index < -0.39 is 16.1 Å². The molecule has 0 saturated carbocycles. The maximum Gasteiger partial charge on any atom is 0.294 e. The summed E-state index contributed by atoms with van der Waals surface area (Å²) in [7, 11) is 0. The molecule has 0 N–H and O–H groups in total. The number of nitro groups is 1. The van der Waals surface area contributed by atoms with Crippen LogP contribution in [0.3, 0.4) is 0 Å². The normalized spacial score (nSPS) is 16.6. The zero-order valence-corrected chi connectivity index (χ0v) is 23.4. The summed E-state index contributed by atoms with van der Waals surface area (Å²) >= 11 is 0.835. The van der Waals surface area contributed by atoms with Crippen molar-refractivity contribution in [2.75, 3.05) is 37.6 Å². The number of amides is 3. The lowest BCUT2D eigenvalue weighted by atomic mass is 10.1. The van der Waals surface area contributed by atoms with E-state index >= 15 is 0 Å². The number of non-ortho nitro benzene ring substituents is 1. The lowest BCUT2D eigenvalue weighted by molar-refractivity contribution is -0.384. The number of piperazine rings is 1. The minimum atomic E-state index is -0.478. The minimum Gasteiger partial charge on any atom is -0.368 e. The second-order valence-corrected chi connectivity index (χ2v) is 11.1. The molecule has 4 aromatic rings. The van der Waals surface area contributed by atoms with E-state index in [2.05, 4.69) is 4.90 Å². The van der Waals surface area contributed by atoms with Crippen LogP contribution in [0.2, 0.25) is 0 Å². The standard InChI is InChI=1S/C31H27N5O5S/c37-29(33-16-14-32(15-17-33)24-6-2-1-3-7-24)21-35-30(38)28(42-31(35)39)18-23-20-34(27-9-5-4-8-26(23)27)19-22-10-12-25(13-11-22)36(40)41/h1-13,18,20H,14-17,19,21H2/b28-18+. The molecule has 2 aliphatic rings. The monoisotopic (exact) mass is 581 g/mol. The molecule has 0 aliphatic carbocycles. The number of nitro benzene ring substituents is 1. The van der Waals surface area contributed by atoms with Crippen LogP contribution in [0.1, 0.15) is 11.1 Å². The summed E-state index contributed by atoms with van der Waals surface area (Å²) in [6.07, 6.45) is 3.60. The summed E-state index contributed by atoms with van der Waals surface area (Å²) in [5.41, 5.74) is 3.71. The Balaban J connectivity index is 1.15. The molecule has 0 spiro atoms. The first-order valence-corrected chi connectivity index (χ1v) is 14.3. The molecule has 3 heterocycles. The van der Waals surface area contributed by atoms with Crippen LogP contribution in [0, 0.1) is 10.1 Å². The lowest BCUT2D eigenvalue weighted by Crippen LogP contribution is -2.51. The maximum absolute atomic E-state index is 13.3. The summed E-state index contributed by atoms with van der Waals surface area (Å²) in [5, 5.41) is 11.4. The fourth-order valence-corrected chi connectivity index (χ4v) is 6.14. The quantitative estimate of drug-likeness (QED) is 0.172. The summed E-state index contributed by atoms with van der Waals surface area (Å²) in [4.78, 5) is 54.9. The van der Waals surface area contributed by atoms with E-state index in [9.17, 15) is 24.5 Å². The van der Waals surface area contributed by atoms with Crippen molar-refractivity contribution in [3.63, 3.8) is 0 Å². The third-order valence-corrected chi connectivity index (χ3v) is 8.43. The Hall–Kier alpha value is -4.90. The van der Waals surface area contributed by atoms with Crippen molar-refractivity contribution < 1.29 is 19.3 Å². The predicted molar refractivity (Wildman–Crippen MR) is 162 cm³/mol. The van der Waals surface area contributed by atoms with Gasteiger partial charge in [0.25, 0.3) is 16.8 Å². The highest BCUT2D eigenvalue weighted by molar-refractivity contribution is 8.18. The van der Waals surface area contributed by atoms with Crippen LogP contribution in [0.4, 0.5) is 16.2 Å². The van der Waals surface area contributed by atoms with Gasteiger partial charge in [-0.3, -0.25) is 29.4 Å².